The number of fused-ring (bicyclic) bond motifs is 1. The van der Waals surface area contributed by atoms with E-state index in [0.29, 0.717) is 27.9 Å². The summed E-state index contributed by atoms with van der Waals surface area (Å²) in [5, 5.41) is 9.56. The highest BCUT2D eigenvalue weighted by Crippen LogP contribution is 2.26. The van der Waals surface area contributed by atoms with Crippen molar-refractivity contribution in [2.45, 2.75) is 32.5 Å². The van der Waals surface area contributed by atoms with Gasteiger partial charge in [-0.15, -0.1) is 0 Å². The van der Waals surface area contributed by atoms with Crippen molar-refractivity contribution >= 4 is 45.8 Å². The van der Waals surface area contributed by atoms with Crippen LogP contribution in [-0.2, 0) is 4.74 Å². The summed E-state index contributed by atoms with van der Waals surface area (Å²) >= 11 is 1.31. The number of benzene rings is 1. The topological polar surface area (TPSA) is 97.9 Å². The zero-order chi connectivity index (χ0) is 22.6. The van der Waals surface area contributed by atoms with Gasteiger partial charge in [-0.2, -0.15) is 0 Å². The third-order valence-electron chi connectivity index (χ3n) is 3.91. The van der Waals surface area contributed by atoms with Gasteiger partial charge in [-0.1, -0.05) is 11.3 Å². The number of anilines is 1. The van der Waals surface area contributed by atoms with Gasteiger partial charge in [0.25, 0.3) is 0 Å². The van der Waals surface area contributed by atoms with E-state index in [1.165, 1.54) is 16.2 Å². The number of carbonyl (C=O) groups is 1. The molecular weight excluding hydrogens is 425 g/mol. The van der Waals surface area contributed by atoms with Crippen molar-refractivity contribution in [2.75, 3.05) is 25.2 Å². The number of rotatable bonds is 7. The van der Waals surface area contributed by atoms with Gasteiger partial charge < -0.3 is 19.0 Å². The summed E-state index contributed by atoms with van der Waals surface area (Å²) in [6.45, 7) is 4.19. The molecule has 0 saturated carbocycles. The molecule has 166 valence electrons. The Morgan fingerprint density at radius 1 is 1.39 bits per heavy atom. The fourth-order valence-electron chi connectivity index (χ4n) is 2.45. The number of amides is 1. The fourth-order valence-corrected chi connectivity index (χ4v) is 3.22. The van der Waals surface area contributed by atoms with Crippen molar-refractivity contribution in [3.63, 3.8) is 0 Å². The first-order valence-corrected chi connectivity index (χ1v) is 10.3. The lowest BCUT2D eigenvalue weighted by atomic mass is 10.2. The maximum Gasteiger partial charge on any atom is 0.416 e. The van der Waals surface area contributed by atoms with Crippen LogP contribution in [0.2, 0.25) is 0 Å². The normalized spacial score (nSPS) is 13.0. The van der Waals surface area contributed by atoms with Gasteiger partial charge in [-0.05, 0) is 39.0 Å². The van der Waals surface area contributed by atoms with Gasteiger partial charge in [0, 0.05) is 30.3 Å². The second kappa shape index (κ2) is 9.44. The standard InChI is InChI=1S/C21H24FN3O5S/c1-21(2,3)30-20(27)25(4)19-23-11-15(31-19)6-8-18-24-16-7-5-13(9-17(16)29-18)28-14(10-22)12-26/h5-9,11,14,26H,10,12H2,1-4H3. The summed E-state index contributed by atoms with van der Waals surface area (Å²) in [5.74, 6) is 0.750. The number of aromatic nitrogens is 2. The molecule has 0 fully saturated rings. The zero-order valence-electron chi connectivity index (χ0n) is 17.7. The Balaban J connectivity index is 1.70. The number of halogens is 1. The third kappa shape index (κ3) is 6.02. The number of ether oxygens (including phenoxy) is 2. The van der Waals surface area contributed by atoms with E-state index in [0.717, 1.165) is 4.88 Å². The minimum Gasteiger partial charge on any atom is -0.485 e. The Morgan fingerprint density at radius 2 is 2.16 bits per heavy atom. The first-order chi connectivity index (χ1) is 14.7. The molecule has 0 radical (unpaired) electrons. The Kier molecular flexibility index (Phi) is 6.91. The van der Waals surface area contributed by atoms with Gasteiger partial charge in [-0.3, -0.25) is 4.90 Å². The minimum absolute atomic E-state index is 0.367. The van der Waals surface area contributed by atoms with E-state index >= 15 is 0 Å². The van der Waals surface area contributed by atoms with Crippen LogP contribution in [0.5, 0.6) is 5.75 Å². The number of oxazole rings is 1. The van der Waals surface area contributed by atoms with Gasteiger partial charge in [-0.25, -0.2) is 19.2 Å². The number of nitrogens with zero attached hydrogens (tertiary/aromatic N) is 3. The summed E-state index contributed by atoms with van der Waals surface area (Å²) in [4.78, 5) is 22.9. The lowest BCUT2D eigenvalue weighted by Gasteiger charge is -2.23. The number of hydrogen-bond acceptors (Lipinski definition) is 8. The van der Waals surface area contributed by atoms with Crippen LogP contribution in [0.25, 0.3) is 23.3 Å². The summed E-state index contributed by atoms with van der Waals surface area (Å²) < 4.78 is 29.1. The Hall–Kier alpha value is -2.98. The molecule has 2 heterocycles. The SMILES string of the molecule is CN(C(=O)OC(C)(C)C)c1ncc(C=Cc2nc3ccc(OC(CO)CF)cc3o2)s1. The number of alkyl halides is 1. The first-order valence-electron chi connectivity index (χ1n) is 9.53. The first kappa shape index (κ1) is 22.7. The lowest BCUT2D eigenvalue weighted by molar-refractivity contribution is 0.0589. The van der Waals surface area contributed by atoms with Crippen molar-refractivity contribution < 1.29 is 28.2 Å². The van der Waals surface area contributed by atoms with Crippen LogP contribution < -0.4 is 9.64 Å². The molecule has 31 heavy (non-hydrogen) atoms. The molecule has 0 aliphatic carbocycles. The lowest BCUT2D eigenvalue weighted by Crippen LogP contribution is -2.34. The molecule has 3 rings (SSSR count). The summed E-state index contributed by atoms with van der Waals surface area (Å²) in [6, 6.07) is 4.93. The van der Waals surface area contributed by atoms with E-state index in [9.17, 15) is 9.18 Å². The molecule has 1 aromatic carbocycles. The van der Waals surface area contributed by atoms with Gasteiger partial charge in [0.2, 0.25) is 5.89 Å². The molecule has 1 N–H and O–H groups in total. The van der Waals surface area contributed by atoms with Crippen molar-refractivity contribution in [3.05, 3.63) is 35.2 Å². The smallest absolute Gasteiger partial charge is 0.416 e. The fraction of sp³-hybridized carbons (Fsp3) is 0.381. The molecule has 1 atom stereocenters. The molecule has 0 bridgehead atoms. The predicted molar refractivity (Wildman–Crippen MR) is 117 cm³/mol. The van der Waals surface area contributed by atoms with E-state index in [1.807, 2.05) is 0 Å². The van der Waals surface area contributed by atoms with Crippen LogP contribution in [-0.4, -0.2) is 53.2 Å². The van der Waals surface area contributed by atoms with Gasteiger partial charge >= 0.3 is 6.09 Å². The van der Waals surface area contributed by atoms with Gasteiger partial charge in [0.05, 0.1) is 6.61 Å². The van der Waals surface area contributed by atoms with Gasteiger partial charge in [0.15, 0.2) is 10.7 Å². The molecular formula is C21H24FN3O5S. The second-order valence-corrected chi connectivity index (χ2v) is 8.72. The maximum atomic E-state index is 12.7. The van der Waals surface area contributed by atoms with E-state index in [1.54, 1.807) is 64.4 Å². The van der Waals surface area contributed by atoms with Crippen LogP contribution >= 0.6 is 11.3 Å². The number of carbonyl (C=O) groups excluding carboxylic acids is 1. The number of aliphatic hydroxyl groups is 1. The van der Waals surface area contributed by atoms with Crippen LogP contribution in [0.15, 0.2) is 28.8 Å². The Bertz CT molecular complexity index is 1070. The summed E-state index contributed by atoms with van der Waals surface area (Å²) in [6.07, 6.45) is 3.70. The molecule has 10 heteroatoms. The molecule has 0 aliphatic heterocycles. The van der Waals surface area contributed by atoms with Gasteiger partial charge in [0.1, 0.15) is 29.6 Å². The zero-order valence-corrected chi connectivity index (χ0v) is 18.5. The molecule has 0 aliphatic rings. The molecule has 1 unspecified atom stereocenters. The molecule has 2 aromatic heterocycles. The average molecular weight is 450 g/mol. The van der Waals surface area contributed by atoms with E-state index in [4.69, 9.17) is 19.0 Å². The largest absolute Gasteiger partial charge is 0.485 e. The number of thiazole rings is 1. The predicted octanol–water partition coefficient (Wildman–Crippen LogP) is 4.54. The monoisotopic (exact) mass is 449 g/mol. The molecule has 3 aromatic rings. The van der Waals surface area contributed by atoms with Crippen molar-refractivity contribution in [3.8, 4) is 5.75 Å². The highest BCUT2D eigenvalue weighted by molar-refractivity contribution is 7.16. The van der Waals surface area contributed by atoms with E-state index in [-0.39, 0.29) is 0 Å². The second-order valence-electron chi connectivity index (χ2n) is 7.68. The van der Waals surface area contributed by atoms with E-state index in [2.05, 4.69) is 9.97 Å². The maximum absolute atomic E-state index is 12.7. The molecule has 8 nitrogen and oxygen atoms in total. The van der Waals surface area contributed by atoms with Crippen molar-refractivity contribution in [1.29, 1.82) is 0 Å². The minimum atomic E-state index is -0.918. The summed E-state index contributed by atoms with van der Waals surface area (Å²) in [5.41, 5.74) is 0.499. The highest BCUT2D eigenvalue weighted by atomic mass is 32.1. The average Bonchev–Trinajstić information content (AvgIpc) is 3.34. The summed E-state index contributed by atoms with van der Waals surface area (Å²) in [7, 11) is 1.60. The molecule has 0 saturated heterocycles. The quantitative estimate of drug-likeness (QED) is 0.566. The van der Waals surface area contributed by atoms with Crippen LogP contribution in [0.4, 0.5) is 14.3 Å². The molecule has 1 amide bonds. The third-order valence-corrected chi connectivity index (χ3v) is 4.95. The Labute approximate surface area is 182 Å². The van der Waals surface area contributed by atoms with Crippen molar-refractivity contribution in [2.24, 2.45) is 0 Å². The van der Waals surface area contributed by atoms with E-state index < -0.39 is 31.1 Å². The number of aliphatic hydroxyl groups excluding tert-OH is 1. The Morgan fingerprint density at radius 3 is 2.84 bits per heavy atom. The van der Waals surface area contributed by atoms with Crippen molar-refractivity contribution in [1.82, 2.24) is 9.97 Å². The van der Waals surface area contributed by atoms with Crippen LogP contribution in [0.3, 0.4) is 0 Å². The molecule has 0 spiro atoms. The highest BCUT2D eigenvalue weighted by Gasteiger charge is 2.22. The van der Waals surface area contributed by atoms with Crippen LogP contribution in [0, 0.1) is 0 Å². The van der Waals surface area contributed by atoms with Crippen LogP contribution in [0.1, 0.15) is 31.5 Å². The number of hydrogen-bond donors (Lipinski definition) is 1.